The van der Waals surface area contributed by atoms with Crippen LogP contribution in [0.4, 0.5) is 34.5 Å². The third kappa shape index (κ3) is 5.08. The number of nitrogens with zero attached hydrogens (tertiary/aromatic N) is 6. The van der Waals surface area contributed by atoms with E-state index < -0.39 is 5.97 Å². The van der Waals surface area contributed by atoms with Crippen molar-refractivity contribution >= 4 is 40.5 Å². The number of nitrogens with one attached hydrogen (secondary N) is 1. The van der Waals surface area contributed by atoms with Gasteiger partial charge >= 0.3 is 5.97 Å². The molecule has 1 aromatic carbocycles. The Labute approximate surface area is 235 Å². The summed E-state index contributed by atoms with van der Waals surface area (Å²) in [5, 5.41) is 13.2. The number of carboxylic acid groups (broad SMARTS) is 1. The Morgan fingerprint density at radius 1 is 1.30 bits per heavy atom. The van der Waals surface area contributed by atoms with Gasteiger partial charge in [-0.3, -0.25) is 4.98 Å². The molecule has 0 amide bonds. The van der Waals surface area contributed by atoms with Gasteiger partial charge in [0.25, 0.3) is 0 Å². The number of fused-ring (bicyclic) bond motifs is 1. The van der Waals surface area contributed by atoms with Crippen molar-refractivity contribution in [1.82, 2.24) is 19.9 Å². The Hall–Kier alpha value is -4.12. The number of likely N-dealkylation sites (N-methyl/N-ethyl adjacent to an activating group) is 2. The smallest absolute Gasteiger partial charge is 0.341 e. The molecule has 40 heavy (non-hydrogen) atoms. The van der Waals surface area contributed by atoms with Crippen molar-refractivity contribution in [3.05, 3.63) is 47.4 Å². The summed E-state index contributed by atoms with van der Waals surface area (Å²) in [5.41, 5.74) is 10.9. The van der Waals surface area contributed by atoms with E-state index in [0.29, 0.717) is 35.5 Å². The van der Waals surface area contributed by atoms with Crippen molar-refractivity contribution in [3.63, 3.8) is 0 Å². The molecule has 11 nitrogen and oxygen atoms in total. The highest BCUT2D eigenvalue weighted by molar-refractivity contribution is 5.95. The maximum Gasteiger partial charge on any atom is 0.341 e. The lowest BCUT2D eigenvalue weighted by Crippen LogP contribution is -2.36. The summed E-state index contributed by atoms with van der Waals surface area (Å²) >= 11 is 0. The number of nitrogen functional groups attached to an aromatic ring is 1. The van der Waals surface area contributed by atoms with E-state index in [1.54, 1.807) is 13.2 Å². The molecule has 1 atom stereocenters. The largest absolute Gasteiger partial charge is 0.494 e. The molecule has 2 aliphatic rings. The SMILES string of the molecule is COc1cc(N(C)C[C@@H]2CCCN2C)c(N)cc1Nc1ncc(C(=O)O)c(N2CC(C)(C)c3nc(C)ccc32)n1. The van der Waals surface area contributed by atoms with Crippen LogP contribution in [0.3, 0.4) is 0 Å². The summed E-state index contributed by atoms with van der Waals surface area (Å²) in [6.07, 6.45) is 3.70. The lowest BCUT2D eigenvalue weighted by Gasteiger charge is -2.29. The topological polar surface area (TPSA) is 133 Å². The minimum Gasteiger partial charge on any atom is -0.494 e. The Kier molecular flexibility index (Phi) is 7.17. The van der Waals surface area contributed by atoms with Crippen molar-refractivity contribution in [2.24, 2.45) is 0 Å². The van der Waals surface area contributed by atoms with Gasteiger partial charge in [-0.05, 0) is 51.6 Å². The second-order valence-corrected chi connectivity index (χ2v) is 11.4. The molecule has 1 fully saturated rings. The fraction of sp³-hybridized carbons (Fsp3) is 0.448. The monoisotopic (exact) mass is 546 g/mol. The molecule has 0 spiro atoms. The van der Waals surface area contributed by atoms with Crippen LogP contribution in [-0.2, 0) is 5.41 Å². The van der Waals surface area contributed by atoms with E-state index >= 15 is 0 Å². The average Bonchev–Trinajstić information content (AvgIpc) is 3.42. The number of aromatic carboxylic acids is 1. The summed E-state index contributed by atoms with van der Waals surface area (Å²) in [4.78, 5) is 32.4. The zero-order chi connectivity index (χ0) is 28.8. The van der Waals surface area contributed by atoms with E-state index in [-0.39, 0.29) is 16.9 Å². The number of ether oxygens (including phenoxy) is 1. The number of benzene rings is 1. The Bertz CT molecular complexity index is 1440. The minimum atomic E-state index is -1.10. The van der Waals surface area contributed by atoms with Crippen molar-refractivity contribution in [3.8, 4) is 5.75 Å². The molecule has 0 bridgehead atoms. The normalized spacial score (nSPS) is 18.1. The van der Waals surface area contributed by atoms with Crippen molar-refractivity contribution < 1.29 is 14.6 Å². The van der Waals surface area contributed by atoms with Crippen molar-refractivity contribution in [2.75, 3.05) is 61.7 Å². The molecule has 2 aliphatic heterocycles. The molecule has 11 heteroatoms. The number of nitrogens with two attached hydrogens (primary N) is 1. The van der Waals surface area contributed by atoms with Gasteiger partial charge in [0.2, 0.25) is 5.95 Å². The standard InChI is InChI=1S/C29H38N8O3/c1-17-9-10-22-25(32-17)29(2,3)16-37(22)26-19(27(38)39)14-31-28(34-26)33-21-12-20(30)23(13-24(21)40-6)36(5)15-18-8-7-11-35(18)4/h9-10,12-14,18H,7-8,11,15-16,30H2,1-6H3,(H,38,39)(H,31,33,34)/t18-/m0/s1. The van der Waals surface area contributed by atoms with Gasteiger partial charge in [-0.15, -0.1) is 0 Å². The van der Waals surface area contributed by atoms with Crippen LogP contribution in [0.5, 0.6) is 5.75 Å². The number of anilines is 6. The molecule has 2 aromatic heterocycles. The van der Waals surface area contributed by atoms with Crippen molar-refractivity contribution in [2.45, 2.75) is 45.1 Å². The van der Waals surface area contributed by atoms with Gasteiger partial charge in [0.05, 0.1) is 35.6 Å². The minimum absolute atomic E-state index is 0.00936. The first kappa shape index (κ1) is 27.4. The lowest BCUT2D eigenvalue weighted by molar-refractivity contribution is 0.0697. The zero-order valence-corrected chi connectivity index (χ0v) is 24.0. The molecule has 0 unspecified atom stereocenters. The molecule has 0 saturated carbocycles. The summed E-state index contributed by atoms with van der Waals surface area (Å²) in [6, 6.07) is 8.08. The fourth-order valence-corrected chi connectivity index (χ4v) is 5.73. The maximum absolute atomic E-state index is 12.2. The lowest BCUT2D eigenvalue weighted by atomic mass is 9.91. The highest BCUT2D eigenvalue weighted by Gasteiger charge is 2.39. The zero-order valence-electron chi connectivity index (χ0n) is 24.0. The Morgan fingerprint density at radius 2 is 2.08 bits per heavy atom. The number of hydrogen-bond donors (Lipinski definition) is 3. The van der Waals surface area contributed by atoms with Gasteiger partial charge in [-0.2, -0.15) is 4.98 Å². The van der Waals surface area contributed by atoms with E-state index in [1.165, 1.54) is 12.6 Å². The number of aromatic nitrogens is 3. The predicted octanol–water partition coefficient (Wildman–Crippen LogP) is 4.17. The summed E-state index contributed by atoms with van der Waals surface area (Å²) < 4.78 is 5.71. The van der Waals surface area contributed by atoms with E-state index in [0.717, 1.165) is 42.3 Å². The number of carbonyl (C=O) groups is 1. The first-order valence-corrected chi connectivity index (χ1v) is 13.5. The first-order valence-electron chi connectivity index (χ1n) is 13.5. The van der Waals surface area contributed by atoms with Crippen LogP contribution in [-0.4, -0.2) is 77.8 Å². The van der Waals surface area contributed by atoms with E-state index in [4.69, 9.17) is 15.5 Å². The van der Waals surface area contributed by atoms with Gasteiger partial charge in [0, 0.05) is 49.6 Å². The summed E-state index contributed by atoms with van der Waals surface area (Å²) in [7, 11) is 5.80. The molecule has 212 valence electrons. The second-order valence-electron chi connectivity index (χ2n) is 11.4. The van der Waals surface area contributed by atoms with Gasteiger partial charge < -0.3 is 35.6 Å². The summed E-state index contributed by atoms with van der Waals surface area (Å²) in [5.74, 6) is 0.00906. The Balaban J connectivity index is 1.47. The highest BCUT2D eigenvalue weighted by atomic mass is 16.5. The number of pyridine rings is 1. The second kappa shape index (κ2) is 10.5. The quantitative estimate of drug-likeness (QED) is 0.352. The number of hydrogen-bond acceptors (Lipinski definition) is 10. The van der Waals surface area contributed by atoms with Crippen LogP contribution in [0, 0.1) is 6.92 Å². The number of carboxylic acids is 1. The van der Waals surface area contributed by atoms with E-state index in [9.17, 15) is 9.90 Å². The van der Waals surface area contributed by atoms with Crippen LogP contribution in [0.25, 0.3) is 0 Å². The van der Waals surface area contributed by atoms with Crippen LogP contribution >= 0.6 is 0 Å². The van der Waals surface area contributed by atoms with Crippen molar-refractivity contribution in [1.29, 1.82) is 0 Å². The maximum atomic E-state index is 12.2. The molecular weight excluding hydrogens is 508 g/mol. The Morgan fingerprint density at radius 3 is 2.75 bits per heavy atom. The molecule has 4 N–H and O–H groups in total. The first-order chi connectivity index (χ1) is 19.0. The van der Waals surface area contributed by atoms with Crippen LogP contribution < -0.4 is 25.6 Å². The molecule has 3 aromatic rings. The van der Waals surface area contributed by atoms with E-state index in [2.05, 4.69) is 46.0 Å². The molecule has 1 saturated heterocycles. The van der Waals surface area contributed by atoms with E-state index in [1.807, 2.05) is 37.1 Å². The molecule has 0 radical (unpaired) electrons. The average molecular weight is 547 g/mol. The van der Waals surface area contributed by atoms with Gasteiger partial charge in [0.15, 0.2) is 5.82 Å². The number of aryl methyl sites for hydroxylation is 1. The summed E-state index contributed by atoms with van der Waals surface area (Å²) in [6.45, 7) is 8.64. The third-order valence-corrected chi connectivity index (χ3v) is 7.92. The van der Waals surface area contributed by atoms with Crippen LogP contribution in [0.2, 0.25) is 0 Å². The number of rotatable bonds is 8. The fourth-order valence-electron chi connectivity index (χ4n) is 5.73. The number of likely N-dealkylation sites (tertiary alicyclic amines) is 1. The van der Waals surface area contributed by atoms with Gasteiger partial charge in [0.1, 0.15) is 11.3 Å². The van der Waals surface area contributed by atoms with Gasteiger partial charge in [-0.1, -0.05) is 13.8 Å². The molecule has 4 heterocycles. The van der Waals surface area contributed by atoms with Gasteiger partial charge in [-0.25, -0.2) is 9.78 Å². The number of methoxy groups -OCH3 is 1. The predicted molar refractivity (Wildman–Crippen MR) is 158 cm³/mol. The molecule has 5 rings (SSSR count). The van der Waals surface area contributed by atoms with Crippen LogP contribution in [0.15, 0.2) is 30.5 Å². The molecule has 0 aliphatic carbocycles. The molecular formula is C29H38N8O3. The highest BCUT2D eigenvalue weighted by Crippen LogP contribution is 2.44. The third-order valence-electron chi connectivity index (χ3n) is 7.92. The van der Waals surface area contributed by atoms with Crippen LogP contribution in [0.1, 0.15) is 48.4 Å².